The van der Waals surface area contributed by atoms with Crippen LogP contribution in [0.2, 0.25) is 0 Å². The molecule has 1 aromatic carbocycles. The highest BCUT2D eigenvalue weighted by molar-refractivity contribution is 7.91. The first kappa shape index (κ1) is 14.1. The van der Waals surface area contributed by atoms with Gasteiger partial charge in [0.2, 0.25) is 0 Å². The number of sulfone groups is 1. The fourth-order valence-corrected chi connectivity index (χ4v) is 4.20. The summed E-state index contributed by atoms with van der Waals surface area (Å²) >= 11 is 0. The monoisotopic (exact) mass is 282 g/mol. The van der Waals surface area contributed by atoms with E-state index in [1.165, 1.54) is 0 Å². The molecule has 0 saturated heterocycles. The smallest absolute Gasteiger partial charge is 0.307 e. The average molecular weight is 282 g/mol. The summed E-state index contributed by atoms with van der Waals surface area (Å²) in [5.41, 5.74) is 0.858. The topological polar surface area (TPSA) is 71.4 Å². The van der Waals surface area contributed by atoms with E-state index in [-0.39, 0.29) is 23.8 Å². The second-order valence-corrected chi connectivity index (χ2v) is 7.40. The maximum absolute atomic E-state index is 11.9. The predicted octanol–water partition coefficient (Wildman–Crippen LogP) is 1.75. The number of aliphatic carboxylic acids is 1. The molecular formula is C14H18O4S. The quantitative estimate of drug-likeness (QED) is 0.827. The molecule has 104 valence electrons. The summed E-state index contributed by atoms with van der Waals surface area (Å²) in [5.74, 6) is -1.75. The van der Waals surface area contributed by atoms with Gasteiger partial charge in [-0.15, -0.1) is 0 Å². The lowest BCUT2D eigenvalue weighted by Gasteiger charge is -2.12. The van der Waals surface area contributed by atoms with Crippen molar-refractivity contribution in [2.45, 2.75) is 19.3 Å². The maximum Gasteiger partial charge on any atom is 0.307 e. The average Bonchev–Trinajstić information content (AvgIpc) is 3.12. The van der Waals surface area contributed by atoms with Crippen LogP contribution in [0, 0.1) is 11.8 Å². The van der Waals surface area contributed by atoms with E-state index in [0.29, 0.717) is 0 Å². The van der Waals surface area contributed by atoms with E-state index in [1.807, 2.05) is 30.3 Å². The van der Waals surface area contributed by atoms with Crippen LogP contribution in [0.1, 0.15) is 18.4 Å². The third-order valence-corrected chi connectivity index (χ3v) is 5.21. The molecule has 0 aromatic heterocycles. The van der Waals surface area contributed by atoms with Crippen LogP contribution < -0.4 is 0 Å². The molecule has 1 saturated carbocycles. The van der Waals surface area contributed by atoms with E-state index in [9.17, 15) is 18.3 Å². The summed E-state index contributed by atoms with van der Waals surface area (Å²) < 4.78 is 23.8. The molecule has 1 aliphatic rings. The predicted molar refractivity (Wildman–Crippen MR) is 72.6 cm³/mol. The summed E-state index contributed by atoms with van der Waals surface area (Å²) in [5, 5.41) is 9.18. The fraction of sp³-hybridized carbons (Fsp3) is 0.500. The largest absolute Gasteiger partial charge is 0.481 e. The van der Waals surface area contributed by atoms with E-state index in [2.05, 4.69) is 0 Å². The molecule has 19 heavy (non-hydrogen) atoms. The fourth-order valence-electron chi connectivity index (χ4n) is 2.13. The van der Waals surface area contributed by atoms with Crippen molar-refractivity contribution < 1.29 is 18.3 Å². The van der Waals surface area contributed by atoms with Gasteiger partial charge in [0.15, 0.2) is 9.84 Å². The summed E-state index contributed by atoms with van der Waals surface area (Å²) in [6.07, 6.45) is 2.17. The molecule has 0 spiro atoms. The van der Waals surface area contributed by atoms with Crippen LogP contribution in [0.4, 0.5) is 0 Å². The Morgan fingerprint density at radius 1 is 1.26 bits per heavy atom. The van der Waals surface area contributed by atoms with Gasteiger partial charge < -0.3 is 5.11 Å². The number of hydrogen-bond acceptors (Lipinski definition) is 3. The number of carbonyl (C=O) groups is 1. The zero-order valence-corrected chi connectivity index (χ0v) is 11.5. The van der Waals surface area contributed by atoms with Crippen LogP contribution in [-0.4, -0.2) is 31.0 Å². The van der Waals surface area contributed by atoms with Crippen molar-refractivity contribution in [1.82, 2.24) is 0 Å². The summed E-state index contributed by atoms with van der Waals surface area (Å²) in [7, 11) is -3.26. The van der Waals surface area contributed by atoms with Crippen molar-refractivity contribution in [3.05, 3.63) is 35.9 Å². The van der Waals surface area contributed by atoms with E-state index < -0.39 is 21.7 Å². The lowest BCUT2D eigenvalue weighted by atomic mass is 10.0. The molecule has 0 radical (unpaired) electrons. The SMILES string of the molecule is O=C(O)[C@H](Cc1ccccc1)CS(=O)(=O)CC1CC1. The van der Waals surface area contributed by atoms with Crippen molar-refractivity contribution in [3.8, 4) is 0 Å². The Bertz CT molecular complexity index is 532. The molecule has 4 nitrogen and oxygen atoms in total. The highest BCUT2D eigenvalue weighted by Crippen LogP contribution is 2.31. The van der Waals surface area contributed by atoms with Gasteiger partial charge in [-0.05, 0) is 30.7 Å². The van der Waals surface area contributed by atoms with E-state index in [1.54, 1.807) is 0 Å². The van der Waals surface area contributed by atoms with Crippen molar-refractivity contribution in [2.75, 3.05) is 11.5 Å². The van der Waals surface area contributed by atoms with Crippen LogP contribution in [0.5, 0.6) is 0 Å². The van der Waals surface area contributed by atoms with Crippen LogP contribution >= 0.6 is 0 Å². The zero-order chi connectivity index (χ0) is 13.9. The van der Waals surface area contributed by atoms with Crippen molar-refractivity contribution >= 4 is 15.8 Å². The number of carboxylic acids is 1. The van der Waals surface area contributed by atoms with Gasteiger partial charge in [0, 0.05) is 0 Å². The molecule has 1 N–H and O–H groups in total. The van der Waals surface area contributed by atoms with Crippen molar-refractivity contribution in [3.63, 3.8) is 0 Å². The molecule has 1 atom stereocenters. The Morgan fingerprint density at radius 2 is 1.89 bits per heavy atom. The van der Waals surface area contributed by atoms with Gasteiger partial charge in [-0.3, -0.25) is 4.79 Å². The zero-order valence-electron chi connectivity index (χ0n) is 10.7. The minimum Gasteiger partial charge on any atom is -0.481 e. The van der Waals surface area contributed by atoms with E-state index in [0.717, 1.165) is 18.4 Å². The second kappa shape index (κ2) is 5.74. The normalized spacial score (nSPS) is 17.1. The Hall–Kier alpha value is -1.36. The molecule has 0 bridgehead atoms. The summed E-state index contributed by atoms with van der Waals surface area (Å²) in [6.45, 7) is 0. The first-order valence-corrected chi connectivity index (χ1v) is 8.25. The second-order valence-electron chi connectivity index (χ2n) is 5.25. The summed E-state index contributed by atoms with van der Waals surface area (Å²) in [4.78, 5) is 11.2. The summed E-state index contributed by atoms with van der Waals surface area (Å²) in [6, 6.07) is 9.15. The highest BCUT2D eigenvalue weighted by atomic mass is 32.2. The number of benzene rings is 1. The third-order valence-electron chi connectivity index (χ3n) is 3.32. The Labute approximate surface area is 113 Å². The molecule has 2 rings (SSSR count). The van der Waals surface area contributed by atoms with Gasteiger partial charge in [0.05, 0.1) is 17.4 Å². The minimum absolute atomic E-state index is 0.144. The van der Waals surface area contributed by atoms with Gasteiger partial charge in [-0.1, -0.05) is 30.3 Å². The number of rotatable bonds is 7. The van der Waals surface area contributed by atoms with Gasteiger partial charge in [0.25, 0.3) is 0 Å². The van der Waals surface area contributed by atoms with E-state index in [4.69, 9.17) is 0 Å². The van der Waals surface area contributed by atoms with Crippen LogP contribution in [0.25, 0.3) is 0 Å². The van der Waals surface area contributed by atoms with Crippen LogP contribution in [0.15, 0.2) is 30.3 Å². The lowest BCUT2D eigenvalue weighted by Crippen LogP contribution is -2.27. The van der Waals surface area contributed by atoms with Crippen molar-refractivity contribution in [2.24, 2.45) is 11.8 Å². The molecule has 1 fully saturated rings. The van der Waals surface area contributed by atoms with Gasteiger partial charge in [-0.2, -0.15) is 0 Å². The molecule has 1 aromatic rings. The molecule has 0 amide bonds. The molecular weight excluding hydrogens is 264 g/mol. The van der Waals surface area contributed by atoms with Crippen LogP contribution in [-0.2, 0) is 21.1 Å². The standard InChI is InChI=1S/C14H18O4S/c15-14(16)13(8-11-4-2-1-3-5-11)10-19(17,18)9-12-6-7-12/h1-5,12-13H,6-10H2,(H,15,16)/t13-/m1/s1. The van der Waals surface area contributed by atoms with Gasteiger partial charge in [0.1, 0.15) is 0 Å². The first-order chi connectivity index (χ1) is 8.96. The van der Waals surface area contributed by atoms with Gasteiger partial charge in [-0.25, -0.2) is 8.42 Å². The third kappa shape index (κ3) is 4.67. The Balaban J connectivity index is 2.01. The number of carboxylic acid groups (broad SMARTS) is 1. The lowest BCUT2D eigenvalue weighted by molar-refractivity contribution is -0.140. The molecule has 0 aliphatic heterocycles. The first-order valence-electron chi connectivity index (χ1n) is 6.43. The van der Waals surface area contributed by atoms with Crippen molar-refractivity contribution in [1.29, 1.82) is 0 Å². The minimum atomic E-state index is -3.26. The van der Waals surface area contributed by atoms with E-state index >= 15 is 0 Å². The Morgan fingerprint density at radius 3 is 2.42 bits per heavy atom. The van der Waals surface area contributed by atoms with Gasteiger partial charge >= 0.3 is 5.97 Å². The molecule has 5 heteroatoms. The van der Waals surface area contributed by atoms with Crippen LogP contribution in [0.3, 0.4) is 0 Å². The molecule has 0 unspecified atom stereocenters. The highest BCUT2D eigenvalue weighted by Gasteiger charge is 2.31. The molecule has 0 heterocycles. The maximum atomic E-state index is 11.9. The Kier molecular flexibility index (Phi) is 4.24. The number of hydrogen-bond donors (Lipinski definition) is 1. The molecule has 1 aliphatic carbocycles.